The summed E-state index contributed by atoms with van der Waals surface area (Å²) in [5, 5.41) is 32.4. The molecule has 0 aliphatic carbocycles. The molecule has 7 heteroatoms. The molecule has 0 bridgehead atoms. The quantitative estimate of drug-likeness (QED) is 0.535. The highest BCUT2D eigenvalue weighted by Gasteiger charge is 2.11. The molecule has 0 unspecified atom stereocenters. The minimum atomic E-state index is -0.796. The number of aromatic hydroxyl groups is 1. The maximum atomic E-state index is 11.9. The van der Waals surface area contributed by atoms with E-state index in [4.69, 9.17) is 11.6 Å². The SMILES string of the molecule is Cc1ccc(O)c(N=Cc2cc(Cl)cc([N+](=O)[O-])c2[O-])c1. The molecule has 0 aliphatic rings. The van der Waals surface area contributed by atoms with Crippen molar-refractivity contribution in [1.29, 1.82) is 0 Å². The Bertz CT molecular complexity index is 744. The van der Waals surface area contributed by atoms with Gasteiger partial charge in [0, 0.05) is 17.3 Å². The Morgan fingerprint density at radius 1 is 1.33 bits per heavy atom. The zero-order chi connectivity index (χ0) is 15.6. The van der Waals surface area contributed by atoms with Crippen molar-refractivity contribution in [2.75, 3.05) is 0 Å². The number of phenolic OH excluding ortho intramolecular Hbond substituents is 1. The van der Waals surface area contributed by atoms with E-state index in [2.05, 4.69) is 4.99 Å². The van der Waals surface area contributed by atoms with E-state index in [1.165, 1.54) is 12.1 Å². The molecule has 0 amide bonds. The molecule has 0 atom stereocenters. The molecule has 0 saturated carbocycles. The van der Waals surface area contributed by atoms with Gasteiger partial charge in [0.1, 0.15) is 11.4 Å². The van der Waals surface area contributed by atoms with Crippen LogP contribution in [-0.2, 0) is 0 Å². The number of aryl methyl sites for hydroxylation is 1. The van der Waals surface area contributed by atoms with Gasteiger partial charge < -0.3 is 10.2 Å². The van der Waals surface area contributed by atoms with Gasteiger partial charge in [0.2, 0.25) is 0 Å². The van der Waals surface area contributed by atoms with E-state index in [0.29, 0.717) is 0 Å². The largest absolute Gasteiger partial charge is 0.867 e. The second-order valence-electron chi connectivity index (χ2n) is 4.35. The maximum absolute atomic E-state index is 11.9. The summed E-state index contributed by atoms with van der Waals surface area (Å²) in [4.78, 5) is 13.9. The molecular weight excluding hydrogens is 296 g/mol. The number of benzene rings is 2. The summed E-state index contributed by atoms with van der Waals surface area (Å²) in [6, 6.07) is 7.08. The lowest BCUT2D eigenvalue weighted by Crippen LogP contribution is -2.02. The first-order chi connectivity index (χ1) is 9.88. The number of hydrogen-bond acceptors (Lipinski definition) is 5. The van der Waals surface area contributed by atoms with Crippen LogP contribution in [0.2, 0.25) is 5.02 Å². The monoisotopic (exact) mass is 305 g/mol. The van der Waals surface area contributed by atoms with Crippen LogP contribution in [0.15, 0.2) is 35.3 Å². The molecule has 0 fully saturated rings. The van der Waals surface area contributed by atoms with Crippen molar-refractivity contribution < 1.29 is 15.1 Å². The van der Waals surface area contributed by atoms with Crippen LogP contribution < -0.4 is 5.11 Å². The van der Waals surface area contributed by atoms with Gasteiger partial charge in [0.05, 0.1) is 4.92 Å². The van der Waals surface area contributed by atoms with Gasteiger partial charge in [0.25, 0.3) is 5.69 Å². The highest BCUT2D eigenvalue weighted by molar-refractivity contribution is 6.31. The van der Waals surface area contributed by atoms with Crippen molar-refractivity contribution in [2.45, 2.75) is 6.92 Å². The van der Waals surface area contributed by atoms with Gasteiger partial charge in [-0.3, -0.25) is 15.1 Å². The van der Waals surface area contributed by atoms with Crippen molar-refractivity contribution in [3.8, 4) is 11.5 Å². The Kier molecular flexibility index (Phi) is 4.09. The molecule has 2 aromatic rings. The lowest BCUT2D eigenvalue weighted by molar-refractivity contribution is -0.398. The van der Waals surface area contributed by atoms with E-state index >= 15 is 0 Å². The second-order valence-corrected chi connectivity index (χ2v) is 4.79. The van der Waals surface area contributed by atoms with Crippen LogP contribution in [0.5, 0.6) is 11.5 Å². The standard InChI is InChI=1S/C14H11ClN2O4/c1-8-2-3-13(18)11(4-8)16-7-9-5-10(15)6-12(14(9)19)17(20)21/h2-7,18-19H,1H3/p-1. The fraction of sp³-hybridized carbons (Fsp3) is 0.0714. The van der Waals surface area contributed by atoms with Crippen LogP contribution in [0.1, 0.15) is 11.1 Å². The van der Waals surface area contributed by atoms with Gasteiger partial charge in [0.15, 0.2) is 0 Å². The Hall–Kier alpha value is -2.60. The molecule has 0 spiro atoms. The first-order valence-corrected chi connectivity index (χ1v) is 6.25. The lowest BCUT2D eigenvalue weighted by Gasteiger charge is -2.10. The highest BCUT2D eigenvalue weighted by Crippen LogP contribution is 2.31. The normalized spacial score (nSPS) is 11.0. The lowest BCUT2D eigenvalue weighted by atomic mass is 10.2. The van der Waals surface area contributed by atoms with Crippen molar-refractivity contribution in [3.63, 3.8) is 0 Å². The molecular formula is C14H10ClN2O4-. The number of nitro groups is 1. The minimum Gasteiger partial charge on any atom is -0.867 e. The Labute approximate surface area is 125 Å². The van der Waals surface area contributed by atoms with Gasteiger partial charge >= 0.3 is 0 Å². The number of hydrogen-bond donors (Lipinski definition) is 1. The summed E-state index contributed by atoms with van der Waals surface area (Å²) in [6.07, 6.45) is 1.15. The zero-order valence-electron chi connectivity index (χ0n) is 10.9. The fourth-order valence-corrected chi connectivity index (χ4v) is 1.93. The summed E-state index contributed by atoms with van der Waals surface area (Å²) in [7, 11) is 0. The molecule has 0 aromatic heterocycles. The summed E-state index contributed by atoms with van der Waals surface area (Å²) in [6.45, 7) is 1.82. The third kappa shape index (κ3) is 3.29. The van der Waals surface area contributed by atoms with Crippen LogP contribution in [0.4, 0.5) is 11.4 Å². The van der Waals surface area contributed by atoms with E-state index in [-0.39, 0.29) is 22.0 Å². The van der Waals surface area contributed by atoms with E-state index in [1.807, 2.05) is 6.92 Å². The van der Waals surface area contributed by atoms with Crippen LogP contribution in [-0.4, -0.2) is 16.2 Å². The average molecular weight is 306 g/mol. The van der Waals surface area contributed by atoms with Gasteiger partial charge in [-0.05, 0) is 42.0 Å². The number of phenols is 1. The Balaban J connectivity index is 2.46. The van der Waals surface area contributed by atoms with Crippen LogP contribution >= 0.6 is 11.6 Å². The van der Waals surface area contributed by atoms with Crippen molar-refractivity contribution in [2.24, 2.45) is 4.99 Å². The summed E-state index contributed by atoms with van der Waals surface area (Å²) in [5.74, 6) is -0.832. The van der Waals surface area contributed by atoms with Gasteiger partial charge in [-0.15, -0.1) is 0 Å². The summed E-state index contributed by atoms with van der Waals surface area (Å²) < 4.78 is 0. The molecule has 1 N–H and O–H groups in total. The zero-order valence-corrected chi connectivity index (χ0v) is 11.7. The van der Waals surface area contributed by atoms with Crippen LogP contribution in [0, 0.1) is 17.0 Å². The molecule has 6 nitrogen and oxygen atoms in total. The molecule has 0 heterocycles. The van der Waals surface area contributed by atoms with Gasteiger partial charge in [-0.1, -0.05) is 17.7 Å². The van der Waals surface area contributed by atoms with Crippen molar-refractivity contribution in [1.82, 2.24) is 0 Å². The van der Waals surface area contributed by atoms with Gasteiger partial charge in [-0.25, -0.2) is 0 Å². The highest BCUT2D eigenvalue weighted by atomic mass is 35.5. The van der Waals surface area contributed by atoms with E-state index in [1.54, 1.807) is 12.1 Å². The summed E-state index contributed by atoms with van der Waals surface area (Å²) in [5.41, 5.74) is 0.504. The number of nitro benzene ring substituents is 1. The smallest absolute Gasteiger partial charge is 0.263 e. The fourth-order valence-electron chi connectivity index (χ4n) is 1.71. The molecule has 2 aromatic carbocycles. The minimum absolute atomic E-state index is 0.0184. The molecule has 0 aliphatic heterocycles. The van der Waals surface area contributed by atoms with Crippen LogP contribution in [0.3, 0.4) is 0 Å². The number of nitrogens with zero attached hydrogens (tertiary/aromatic N) is 2. The second kappa shape index (κ2) is 5.80. The molecule has 0 saturated heterocycles. The molecule has 2 rings (SSSR count). The van der Waals surface area contributed by atoms with E-state index in [9.17, 15) is 20.3 Å². The van der Waals surface area contributed by atoms with Gasteiger partial charge in [-0.2, -0.15) is 0 Å². The first-order valence-electron chi connectivity index (χ1n) is 5.87. The number of aliphatic imine (C=N–C) groups is 1. The molecule has 0 radical (unpaired) electrons. The number of halogens is 1. The predicted molar refractivity (Wildman–Crippen MR) is 77.7 cm³/mol. The molecule has 108 valence electrons. The van der Waals surface area contributed by atoms with Crippen LogP contribution in [0.25, 0.3) is 0 Å². The molecule has 21 heavy (non-hydrogen) atoms. The average Bonchev–Trinajstić information content (AvgIpc) is 2.42. The Morgan fingerprint density at radius 2 is 2.05 bits per heavy atom. The van der Waals surface area contributed by atoms with E-state index in [0.717, 1.165) is 17.8 Å². The van der Waals surface area contributed by atoms with Crippen molar-refractivity contribution >= 4 is 29.2 Å². The predicted octanol–water partition coefficient (Wildman–Crippen LogP) is 3.09. The van der Waals surface area contributed by atoms with Crippen molar-refractivity contribution in [3.05, 3.63) is 56.6 Å². The third-order valence-corrected chi connectivity index (χ3v) is 2.95. The number of rotatable bonds is 3. The third-order valence-electron chi connectivity index (χ3n) is 2.73. The topological polar surface area (TPSA) is 98.8 Å². The Morgan fingerprint density at radius 3 is 2.71 bits per heavy atom. The first kappa shape index (κ1) is 14.8. The summed E-state index contributed by atoms with van der Waals surface area (Å²) >= 11 is 5.75. The maximum Gasteiger partial charge on any atom is 0.263 e. The van der Waals surface area contributed by atoms with E-state index < -0.39 is 16.4 Å².